The largest absolute Gasteiger partial charge is 0.264 e. The highest BCUT2D eigenvalue weighted by Gasteiger charge is 2.15. The van der Waals surface area contributed by atoms with Crippen LogP contribution in [0.4, 0.5) is 13.2 Å². The molecule has 0 aliphatic heterocycles. The molecule has 0 radical (unpaired) electrons. The lowest BCUT2D eigenvalue weighted by Crippen LogP contribution is -1.99. The van der Waals surface area contributed by atoms with Crippen molar-refractivity contribution in [3.05, 3.63) is 28.8 Å². The molecule has 0 bridgehead atoms. The molecule has 1 aromatic heterocycles. The molecule has 0 aliphatic rings. The first-order valence-corrected chi connectivity index (χ1v) is 3.41. The van der Waals surface area contributed by atoms with E-state index in [1.807, 2.05) is 0 Å². The number of nitrogens with zero attached hydrogens (tertiary/aromatic N) is 2. The van der Waals surface area contributed by atoms with Crippen LogP contribution in [0.1, 0.15) is 23.2 Å². The Hall–Kier alpha value is -1.57. The second-order valence-electron chi connectivity index (χ2n) is 2.42. The van der Waals surface area contributed by atoms with Crippen LogP contribution in [0.2, 0.25) is 0 Å². The van der Waals surface area contributed by atoms with Crippen LogP contribution >= 0.6 is 0 Å². The average Bonchev–Trinajstić information content (AvgIpc) is 2.08. The van der Waals surface area contributed by atoms with Crippen LogP contribution < -0.4 is 0 Å². The van der Waals surface area contributed by atoms with Crippen molar-refractivity contribution in [1.29, 1.82) is 5.26 Å². The lowest BCUT2D eigenvalue weighted by Gasteiger charge is -2.04. The molecule has 0 saturated heterocycles. The maximum Gasteiger partial charge on any atom is 0.264 e. The molecule has 5 heteroatoms. The van der Waals surface area contributed by atoms with E-state index in [1.165, 1.54) is 6.92 Å². The van der Waals surface area contributed by atoms with E-state index in [0.29, 0.717) is 6.07 Å². The fourth-order valence-corrected chi connectivity index (χ4v) is 0.932. The van der Waals surface area contributed by atoms with Crippen molar-refractivity contribution < 1.29 is 13.2 Å². The highest BCUT2D eigenvalue weighted by atomic mass is 19.3. The number of halogens is 3. The number of nitriles is 1. The number of hydrogen-bond donors (Lipinski definition) is 0. The zero-order valence-electron chi connectivity index (χ0n) is 6.68. The van der Waals surface area contributed by atoms with Crippen LogP contribution in [0.5, 0.6) is 0 Å². The maximum atomic E-state index is 12.6. The molecular weight excluding hydrogens is 181 g/mol. The van der Waals surface area contributed by atoms with Crippen molar-refractivity contribution in [2.24, 2.45) is 0 Å². The quantitative estimate of drug-likeness (QED) is 0.631. The summed E-state index contributed by atoms with van der Waals surface area (Å²) in [4.78, 5) is 3.17. The van der Waals surface area contributed by atoms with E-state index in [-0.39, 0.29) is 11.3 Å². The zero-order valence-corrected chi connectivity index (χ0v) is 6.68. The normalized spacial score (nSPS) is 10.2. The Bertz CT molecular complexity index is 368. The van der Waals surface area contributed by atoms with E-state index in [9.17, 15) is 13.2 Å². The molecule has 0 unspecified atom stereocenters. The van der Waals surface area contributed by atoms with E-state index < -0.39 is 17.9 Å². The average molecular weight is 186 g/mol. The van der Waals surface area contributed by atoms with Crippen LogP contribution in [0.25, 0.3) is 0 Å². The van der Waals surface area contributed by atoms with Crippen molar-refractivity contribution in [3.8, 4) is 6.07 Å². The molecule has 0 atom stereocenters. The topological polar surface area (TPSA) is 36.7 Å². The van der Waals surface area contributed by atoms with Gasteiger partial charge in [-0.2, -0.15) is 9.65 Å². The molecule has 0 saturated carbocycles. The minimum atomic E-state index is -2.79. The fourth-order valence-electron chi connectivity index (χ4n) is 0.932. The van der Waals surface area contributed by atoms with E-state index in [0.717, 1.165) is 0 Å². The summed E-state index contributed by atoms with van der Waals surface area (Å²) in [5.74, 6) is -1.06. The zero-order chi connectivity index (χ0) is 10.0. The Morgan fingerprint density at radius 1 is 1.54 bits per heavy atom. The third-order valence-corrected chi connectivity index (χ3v) is 1.62. The van der Waals surface area contributed by atoms with Crippen molar-refractivity contribution in [2.45, 2.75) is 13.3 Å². The third-order valence-electron chi connectivity index (χ3n) is 1.62. The summed E-state index contributed by atoms with van der Waals surface area (Å²) in [5.41, 5.74) is -0.752. The maximum absolute atomic E-state index is 12.6. The molecule has 0 fully saturated rings. The molecule has 0 spiro atoms. The number of rotatable bonds is 1. The summed E-state index contributed by atoms with van der Waals surface area (Å²) in [6.45, 7) is 1.31. The second kappa shape index (κ2) is 3.44. The Labute approximate surface area is 72.6 Å². The first-order chi connectivity index (χ1) is 6.06. The van der Waals surface area contributed by atoms with Crippen molar-refractivity contribution in [2.75, 3.05) is 0 Å². The number of hydrogen-bond acceptors (Lipinski definition) is 2. The first kappa shape index (κ1) is 9.52. The summed E-state index contributed by atoms with van der Waals surface area (Å²) in [6.07, 6.45) is -2.79. The summed E-state index contributed by atoms with van der Waals surface area (Å²) >= 11 is 0. The minimum absolute atomic E-state index is 0.0268. The predicted octanol–water partition coefficient (Wildman–Crippen LogP) is 2.34. The van der Waals surface area contributed by atoms with Gasteiger partial charge in [0.25, 0.3) is 6.43 Å². The lowest BCUT2D eigenvalue weighted by atomic mass is 10.1. The molecule has 1 rings (SSSR count). The van der Waals surface area contributed by atoms with Gasteiger partial charge in [-0.3, -0.25) is 0 Å². The SMILES string of the molecule is Cc1c(C(F)F)cc(F)nc1C#N. The van der Waals surface area contributed by atoms with Crippen LogP contribution in [0, 0.1) is 24.2 Å². The molecule has 0 aliphatic carbocycles. The Kier molecular flexibility index (Phi) is 2.52. The Morgan fingerprint density at radius 2 is 2.15 bits per heavy atom. The summed E-state index contributed by atoms with van der Waals surface area (Å²) in [7, 11) is 0. The monoisotopic (exact) mass is 186 g/mol. The molecule has 68 valence electrons. The highest BCUT2D eigenvalue weighted by Crippen LogP contribution is 2.24. The lowest BCUT2D eigenvalue weighted by molar-refractivity contribution is 0.150. The van der Waals surface area contributed by atoms with Crippen molar-refractivity contribution in [1.82, 2.24) is 4.98 Å². The van der Waals surface area contributed by atoms with Crippen LogP contribution in [-0.4, -0.2) is 4.98 Å². The van der Waals surface area contributed by atoms with E-state index in [2.05, 4.69) is 4.98 Å². The van der Waals surface area contributed by atoms with Gasteiger partial charge in [-0.1, -0.05) is 0 Å². The van der Waals surface area contributed by atoms with Crippen molar-refractivity contribution in [3.63, 3.8) is 0 Å². The Morgan fingerprint density at radius 3 is 2.62 bits per heavy atom. The molecule has 1 heterocycles. The van der Waals surface area contributed by atoms with Gasteiger partial charge in [0.15, 0.2) is 0 Å². The molecule has 13 heavy (non-hydrogen) atoms. The molecular formula is C8H5F3N2. The predicted molar refractivity (Wildman–Crippen MR) is 38.6 cm³/mol. The smallest absolute Gasteiger partial charge is 0.209 e. The number of aromatic nitrogens is 1. The molecule has 1 aromatic rings. The molecule has 2 nitrogen and oxygen atoms in total. The van der Waals surface area contributed by atoms with Gasteiger partial charge in [-0.15, -0.1) is 0 Å². The van der Waals surface area contributed by atoms with Gasteiger partial charge in [-0.25, -0.2) is 13.8 Å². The molecule has 0 aromatic carbocycles. The first-order valence-electron chi connectivity index (χ1n) is 3.41. The number of pyridine rings is 1. The summed E-state index contributed by atoms with van der Waals surface area (Å²) in [6, 6.07) is 2.19. The Balaban J connectivity index is 3.38. The van der Waals surface area contributed by atoms with Crippen LogP contribution in [-0.2, 0) is 0 Å². The molecule has 0 amide bonds. The van der Waals surface area contributed by atoms with Crippen molar-refractivity contribution >= 4 is 0 Å². The van der Waals surface area contributed by atoms with Crippen LogP contribution in [0.3, 0.4) is 0 Å². The van der Waals surface area contributed by atoms with Gasteiger partial charge in [0.05, 0.1) is 0 Å². The van der Waals surface area contributed by atoms with Crippen LogP contribution in [0.15, 0.2) is 6.07 Å². The standard InChI is InChI=1S/C8H5F3N2/c1-4-5(8(10)11)2-7(9)13-6(4)3-12/h2,8H,1H3. The number of alkyl halides is 2. The van der Waals surface area contributed by atoms with Gasteiger partial charge in [0.1, 0.15) is 11.8 Å². The summed E-state index contributed by atoms with van der Waals surface area (Å²) < 4.78 is 37.0. The second-order valence-corrected chi connectivity index (χ2v) is 2.42. The minimum Gasteiger partial charge on any atom is -0.209 e. The van der Waals surface area contributed by atoms with Gasteiger partial charge >= 0.3 is 0 Å². The van der Waals surface area contributed by atoms with Gasteiger partial charge in [0.2, 0.25) is 5.95 Å². The third kappa shape index (κ3) is 1.78. The van der Waals surface area contributed by atoms with Gasteiger partial charge in [0, 0.05) is 11.6 Å². The van der Waals surface area contributed by atoms with E-state index in [1.54, 1.807) is 6.07 Å². The van der Waals surface area contributed by atoms with Gasteiger partial charge < -0.3 is 0 Å². The fraction of sp³-hybridized carbons (Fsp3) is 0.250. The van der Waals surface area contributed by atoms with E-state index >= 15 is 0 Å². The summed E-state index contributed by atoms with van der Waals surface area (Å²) in [5, 5.41) is 8.43. The van der Waals surface area contributed by atoms with E-state index in [4.69, 9.17) is 5.26 Å². The van der Waals surface area contributed by atoms with Gasteiger partial charge in [-0.05, 0) is 12.5 Å². The highest BCUT2D eigenvalue weighted by molar-refractivity contribution is 5.37. The molecule has 0 N–H and O–H groups in total.